The predicted octanol–water partition coefficient (Wildman–Crippen LogP) is 5.09. The van der Waals surface area contributed by atoms with Gasteiger partial charge in [0, 0.05) is 16.1 Å². The van der Waals surface area contributed by atoms with Gasteiger partial charge in [-0.05, 0) is 61.0 Å². The van der Waals surface area contributed by atoms with E-state index in [-0.39, 0.29) is 5.91 Å². The average Bonchev–Trinajstić information content (AvgIpc) is 2.79. The van der Waals surface area contributed by atoms with Gasteiger partial charge in [0.25, 0.3) is 5.91 Å². The fourth-order valence-corrected chi connectivity index (χ4v) is 2.94. The zero-order chi connectivity index (χ0) is 22.1. The molecule has 0 bridgehead atoms. The second kappa shape index (κ2) is 11.0. The van der Waals surface area contributed by atoms with Crippen LogP contribution >= 0.6 is 11.6 Å². The third-order valence-corrected chi connectivity index (χ3v) is 4.70. The van der Waals surface area contributed by atoms with Crippen LogP contribution in [0, 0.1) is 0 Å². The quantitative estimate of drug-likeness (QED) is 0.373. The average molecular weight is 439 g/mol. The molecule has 0 spiro atoms. The molecule has 3 aromatic carbocycles. The maximum Gasteiger partial charge on any atom is 0.271 e. The highest BCUT2D eigenvalue weighted by Gasteiger charge is 2.08. The lowest BCUT2D eigenvalue weighted by molar-refractivity contribution is 0.0955. The Labute approximate surface area is 186 Å². The summed E-state index contributed by atoms with van der Waals surface area (Å²) in [4.78, 5) is 12.2. The summed E-state index contributed by atoms with van der Waals surface area (Å²) in [7, 11) is 1.56. The standard InChI is InChI=1S/C24H23ClN2O4/c1-3-30-20-11-9-18(10-12-20)24(28)27-26-15-17-8-13-22(23(14-17)29-2)31-16-19-6-4-5-7-21(19)25/h4-15H,3,16H2,1-2H3,(H,27,28)/b26-15+. The van der Waals surface area contributed by atoms with Gasteiger partial charge < -0.3 is 14.2 Å². The molecule has 0 fully saturated rings. The highest BCUT2D eigenvalue weighted by molar-refractivity contribution is 6.31. The zero-order valence-corrected chi connectivity index (χ0v) is 18.1. The molecule has 31 heavy (non-hydrogen) atoms. The highest BCUT2D eigenvalue weighted by atomic mass is 35.5. The summed E-state index contributed by atoms with van der Waals surface area (Å²) >= 11 is 6.17. The van der Waals surface area contributed by atoms with Gasteiger partial charge in [-0.15, -0.1) is 0 Å². The molecule has 7 heteroatoms. The fourth-order valence-electron chi connectivity index (χ4n) is 2.75. The number of amides is 1. The Balaban J connectivity index is 1.60. The molecule has 3 aromatic rings. The topological polar surface area (TPSA) is 69.2 Å². The van der Waals surface area contributed by atoms with Crippen LogP contribution in [0.2, 0.25) is 5.02 Å². The van der Waals surface area contributed by atoms with E-state index in [4.69, 9.17) is 25.8 Å². The number of rotatable bonds is 9. The number of hydrogen-bond donors (Lipinski definition) is 1. The van der Waals surface area contributed by atoms with E-state index >= 15 is 0 Å². The van der Waals surface area contributed by atoms with Crippen molar-refractivity contribution < 1.29 is 19.0 Å². The van der Waals surface area contributed by atoms with E-state index in [9.17, 15) is 4.79 Å². The lowest BCUT2D eigenvalue weighted by atomic mass is 10.2. The Bertz CT molecular complexity index is 1050. The number of hydrazone groups is 1. The lowest BCUT2D eigenvalue weighted by Gasteiger charge is -2.12. The first-order valence-electron chi connectivity index (χ1n) is 9.71. The second-order valence-corrected chi connectivity index (χ2v) is 6.85. The van der Waals surface area contributed by atoms with Crippen molar-refractivity contribution in [3.63, 3.8) is 0 Å². The van der Waals surface area contributed by atoms with Crippen molar-refractivity contribution in [1.29, 1.82) is 0 Å². The smallest absolute Gasteiger partial charge is 0.271 e. The number of hydrogen-bond acceptors (Lipinski definition) is 5. The normalized spacial score (nSPS) is 10.7. The summed E-state index contributed by atoms with van der Waals surface area (Å²) in [5.41, 5.74) is 4.62. The molecular formula is C24H23ClN2O4. The fraction of sp³-hybridized carbons (Fsp3) is 0.167. The summed E-state index contributed by atoms with van der Waals surface area (Å²) in [6.07, 6.45) is 1.53. The van der Waals surface area contributed by atoms with Crippen LogP contribution < -0.4 is 19.6 Å². The van der Waals surface area contributed by atoms with Crippen LogP contribution in [0.15, 0.2) is 71.8 Å². The zero-order valence-electron chi connectivity index (χ0n) is 17.3. The van der Waals surface area contributed by atoms with Gasteiger partial charge in [0.2, 0.25) is 0 Å². The van der Waals surface area contributed by atoms with Crippen molar-refractivity contribution in [3.8, 4) is 17.2 Å². The largest absolute Gasteiger partial charge is 0.494 e. The first-order valence-corrected chi connectivity index (χ1v) is 10.1. The number of carbonyl (C=O) groups is 1. The predicted molar refractivity (Wildman–Crippen MR) is 121 cm³/mol. The number of nitrogens with zero attached hydrogens (tertiary/aromatic N) is 1. The van der Waals surface area contributed by atoms with Gasteiger partial charge in [0.15, 0.2) is 11.5 Å². The molecule has 0 aliphatic rings. The van der Waals surface area contributed by atoms with Gasteiger partial charge in [-0.2, -0.15) is 5.10 Å². The monoisotopic (exact) mass is 438 g/mol. The summed E-state index contributed by atoms with van der Waals surface area (Å²) < 4.78 is 16.6. The molecule has 160 valence electrons. The van der Waals surface area contributed by atoms with E-state index in [0.29, 0.717) is 41.0 Å². The highest BCUT2D eigenvalue weighted by Crippen LogP contribution is 2.29. The van der Waals surface area contributed by atoms with Crippen LogP contribution in [-0.4, -0.2) is 25.8 Å². The molecule has 0 unspecified atom stereocenters. The molecule has 0 aliphatic heterocycles. The minimum absolute atomic E-state index is 0.314. The Hall–Kier alpha value is -3.51. The lowest BCUT2D eigenvalue weighted by Crippen LogP contribution is -2.17. The van der Waals surface area contributed by atoms with Gasteiger partial charge in [0.1, 0.15) is 12.4 Å². The maximum atomic E-state index is 12.2. The third kappa shape index (κ3) is 6.23. The van der Waals surface area contributed by atoms with Crippen molar-refractivity contribution in [2.75, 3.05) is 13.7 Å². The van der Waals surface area contributed by atoms with E-state index in [1.165, 1.54) is 6.21 Å². The van der Waals surface area contributed by atoms with Crippen molar-refractivity contribution in [2.24, 2.45) is 5.10 Å². The van der Waals surface area contributed by atoms with Crippen LogP contribution in [0.1, 0.15) is 28.4 Å². The molecule has 1 N–H and O–H groups in total. The van der Waals surface area contributed by atoms with E-state index in [1.54, 1.807) is 43.5 Å². The number of methoxy groups -OCH3 is 1. The van der Waals surface area contributed by atoms with Gasteiger partial charge in [-0.1, -0.05) is 29.8 Å². The minimum Gasteiger partial charge on any atom is -0.494 e. The van der Waals surface area contributed by atoms with Crippen molar-refractivity contribution in [1.82, 2.24) is 5.43 Å². The van der Waals surface area contributed by atoms with Crippen LogP contribution in [0.4, 0.5) is 0 Å². The van der Waals surface area contributed by atoms with Crippen molar-refractivity contribution >= 4 is 23.7 Å². The van der Waals surface area contributed by atoms with Crippen molar-refractivity contribution in [2.45, 2.75) is 13.5 Å². The van der Waals surface area contributed by atoms with Crippen molar-refractivity contribution in [3.05, 3.63) is 88.4 Å². The number of carbonyl (C=O) groups excluding carboxylic acids is 1. The molecule has 0 radical (unpaired) electrons. The Kier molecular flexibility index (Phi) is 7.90. The first-order chi connectivity index (χ1) is 15.1. The molecule has 3 rings (SSSR count). The number of nitrogens with one attached hydrogen (secondary N) is 1. The minimum atomic E-state index is -0.314. The van der Waals surface area contributed by atoms with E-state index < -0.39 is 0 Å². The summed E-state index contributed by atoms with van der Waals surface area (Å²) in [5.74, 6) is 1.53. The molecule has 0 saturated carbocycles. The van der Waals surface area contributed by atoms with Gasteiger partial charge >= 0.3 is 0 Å². The van der Waals surface area contributed by atoms with E-state index in [0.717, 1.165) is 11.1 Å². The SMILES string of the molecule is CCOc1ccc(C(=O)N/N=C/c2ccc(OCc3ccccc3Cl)c(OC)c2)cc1. The van der Waals surface area contributed by atoms with Crippen LogP contribution in [0.3, 0.4) is 0 Å². The molecule has 6 nitrogen and oxygen atoms in total. The number of halogens is 1. The van der Waals surface area contributed by atoms with Gasteiger partial charge in [-0.25, -0.2) is 5.43 Å². The summed E-state index contributed by atoms with van der Waals surface area (Å²) in [6.45, 7) is 2.80. The molecule has 0 aromatic heterocycles. The van der Waals surface area contributed by atoms with E-state index in [1.807, 2.05) is 37.3 Å². The number of benzene rings is 3. The summed E-state index contributed by atoms with van der Waals surface area (Å²) in [6, 6.07) is 19.7. The van der Waals surface area contributed by atoms with E-state index in [2.05, 4.69) is 10.5 Å². The Morgan fingerprint density at radius 1 is 1.03 bits per heavy atom. The Morgan fingerprint density at radius 3 is 2.52 bits per heavy atom. The van der Waals surface area contributed by atoms with Gasteiger partial charge in [0.05, 0.1) is 19.9 Å². The summed E-state index contributed by atoms with van der Waals surface area (Å²) in [5, 5.41) is 4.66. The Morgan fingerprint density at radius 2 is 1.81 bits per heavy atom. The van der Waals surface area contributed by atoms with Gasteiger partial charge in [-0.3, -0.25) is 4.79 Å². The first kappa shape index (κ1) is 22.2. The van der Waals surface area contributed by atoms with Crippen LogP contribution in [0.25, 0.3) is 0 Å². The molecular weight excluding hydrogens is 416 g/mol. The molecule has 0 atom stereocenters. The molecule has 0 heterocycles. The maximum absolute atomic E-state index is 12.2. The number of ether oxygens (including phenoxy) is 3. The molecule has 0 aliphatic carbocycles. The van der Waals surface area contributed by atoms with Crippen LogP contribution in [-0.2, 0) is 6.61 Å². The molecule has 1 amide bonds. The third-order valence-electron chi connectivity index (χ3n) is 4.34. The van der Waals surface area contributed by atoms with Crippen LogP contribution in [0.5, 0.6) is 17.2 Å². The molecule has 0 saturated heterocycles. The second-order valence-electron chi connectivity index (χ2n) is 6.45.